The zero-order chi connectivity index (χ0) is 19.1. The number of benzene rings is 2. The van der Waals surface area contributed by atoms with Crippen molar-refractivity contribution in [3.05, 3.63) is 58.1 Å². The zero-order valence-corrected chi connectivity index (χ0v) is 14.9. The highest BCUT2D eigenvalue weighted by atomic mass is 35.5. The summed E-state index contributed by atoms with van der Waals surface area (Å²) in [5, 5.41) is 15.1. The van der Waals surface area contributed by atoms with Crippen LogP contribution in [0.1, 0.15) is 12.5 Å². The van der Waals surface area contributed by atoms with Gasteiger partial charge in [0.2, 0.25) is 0 Å². The third-order valence-corrected chi connectivity index (χ3v) is 3.56. The Hall–Kier alpha value is -3.13. The zero-order valence-electron chi connectivity index (χ0n) is 14.2. The molecule has 2 rings (SSSR count). The maximum atomic E-state index is 11.1. The Morgan fingerprint density at radius 3 is 2.69 bits per heavy atom. The molecule has 0 aliphatic carbocycles. The van der Waals surface area contributed by atoms with Crippen molar-refractivity contribution in [2.45, 2.75) is 6.92 Å². The Balaban J connectivity index is 2.34. The predicted octanol–water partition coefficient (Wildman–Crippen LogP) is 3.63. The summed E-state index contributed by atoms with van der Waals surface area (Å²) in [6, 6.07) is 11.3. The van der Waals surface area contributed by atoms with E-state index in [-0.39, 0.29) is 28.8 Å². The van der Waals surface area contributed by atoms with E-state index in [2.05, 4.69) is 10.1 Å². The Labute approximate surface area is 155 Å². The molecule has 0 unspecified atom stereocenters. The van der Waals surface area contributed by atoms with Crippen LogP contribution >= 0.6 is 11.6 Å². The molecular weight excluding hydrogens is 360 g/mol. The fourth-order valence-corrected chi connectivity index (χ4v) is 2.16. The number of amidine groups is 1. The highest BCUT2D eigenvalue weighted by Crippen LogP contribution is 2.28. The number of nitrogens with two attached hydrogens (primary N) is 1. The molecule has 136 valence electrons. The minimum absolute atomic E-state index is 0.00391. The largest absolute Gasteiger partial charge is 0.496 e. The van der Waals surface area contributed by atoms with Crippen molar-refractivity contribution in [3.8, 4) is 11.5 Å². The number of aliphatic imine (C=N–C) groups is 1. The standard InChI is InChI=1S/C17H17ClN4O4/c1-11(15-5-3-4-6-16(15)25-2)21-26-14-8-12(20-17(19)10-18)7-13(9-14)22(23)24/h3-9H,10H2,1-2H3,(H2,19,20). The van der Waals surface area contributed by atoms with Crippen LogP contribution < -0.4 is 15.3 Å². The van der Waals surface area contributed by atoms with E-state index in [1.165, 1.54) is 18.2 Å². The summed E-state index contributed by atoms with van der Waals surface area (Å²) in [4.78, 5) is 19.9. The Morgan fingerprint density at radius 2 is 2.04 bits per heavy atom. The van der Waals surface area contributed by atoms with E-state index < -0.39 is 4.92 Å². The van der Waals surface area contributed by atoms with Crippen molar-refractivity contribution in [2.75, 3.05) is 13.0 Å². The smallest absolute Gasteiger partial charge is 0.275 e. The summed E-state index contributed by atoms with van der Waals surface area (Å²) in [6.07, 6.45) is 0. The van der Waals surface area contributed by atoms with Crippen molar-refractivity contribution >= 4 is 34.5 Å². The van der Waals surface area contributed by atoms with Crippen molar-refractivity contribution in [1.29, 1.82) is 0 Å². The van der Waals surface area contributed by atoms with Gasteiger partial charge in [-0.3, -0.25) is 10.1 Å². The van der Waals surface area contributed by atoms with Crippen LogP contribution in [0.4, 0.5) is 11.4 Å². The van der Waals surface area contributed by atoms with Crippen LogP contribution in [0.2, 0.25) is 0 Å². The molecule has 8 nitrogen and oxygen atoms in total. The maximum absolute atomic E-state index is 11.1. The first kappa shape index (κ1) is 19.2. The van der Waals surface area contributed by atoms with Gasteiger partial charge in [-0.25, -0.2) is 4.99 Å². The van der Waals surface area contributed by atoms with Crippen LogP contribution in [0.5, 0.6) is 11.5 Å². The van der Waals surface area contributed by atoms with Crippen LogP contribution in [0.3, 0.4) is 0 Å². The number of oxime groups is 1. The number of alkyl halides is 1. The van der Waals surface area contributed by atoms with Crippen molar-refractivity contribution < 1.29 is 14.5 Å². The molecule has 0 bridgehead atoms. The highest BCUT2D eigenvalue weighted by molar-refractivity contribution is 6.28. The summed E-state index contributed by atoms with van der Waals surface area (Å²) in [5.41, 5.74) is 6.91. The third kappa shape index (κ3) is 4.93. The number of non-ortho nitro benzene ring substituents is 1. The topological polar surface area (TPSA) is 112 Å². The van der Waals surface area contributed by atoms with Gasteiger partial charge in [0.15, 0.2) is 5.75 Å². The molecule has 0 aromatic heterocycles. The fourth-order valence-electron chi connectivity index (χ4n) is 2.10. The van der Waals surface area contributed by atoms with Gasteiger partial charge < -0.3 is 15.3 Å². The van der Waals surface area contributed by atoms with E-state index in [4.69, 9.17) is 26.9 Å². The van der Waals surface area contributed by atoms with Gasteiger partial charge in [-0.1, -0.05) is 17.3 Å². The molecule has 0 fully saturated rings. The molecule has 0 atom stereocenters. The second kappa shape index (κ2) is 8.82. The monoisotopic (exact) mass is 376 g/mol. The molecule has 2 aromatic carbocycles. The molecule has 0 saturated heterocycles. The molecule has 0 aliphatic heterocycles. The number of hydrogen-bond donors (Lipinski definition) is 1. The minimum Gasteiger partial charge on any atom is -0.496 e. The summed E-state index contributed by atoms with van der Waals surface area (Å²) < 4.78 is 5.27. The number of hydrogen-bond acceptors (Lipinski definition) is 6. The van der Waals surface area contributed by atoms with E-state index in [0.717, 1.165) is 5.56 Å². The Kier molecular flexibility index (Phi) is 6.51. The number of nitro benzene ring substituents is 1. The molecule has 2 N–H and O–H groups in total. The SMILES string of the molecule is COc1ccccc1C(C)=NOc1cc(N=C(N)CCl)cc([N+](=O)[O-])c1. The van der Waals surface area contributed by atoms with Gasteiger partial charge >= 0.3 is 0 Å². The molecule has 9 heteroatoms. The fraction of sp³-hybridized carbons (Fsp3) is 0.176. The van der Waals surface area contributed by atoms with Gasteiger partial charge in [-0.15, -0.1) is 11.6 Å². The molecule has 26 heavy (non-hydrogen) atoms. The van der Waals surface area contributed by atoms with Gasteiger partial charge in [0.1, 0.15) is 11.6 Å². The summed E-state index contributed by atoms with van der Waals surface area (Å²) in [5.74, 6) is 0.919. The Bertz CT molecular complexity index is 868. The number of halogens is 1. The number of nitro groups is 1. The van der Waals surface area contributed by atoms with E-state index in [9.17, 15) is 10.1 Å². The molecule has 0 saturated carbocycles. The first-order valence-electron chi connectivity index (χ1n) is 7.48. The first-order valence-corrected chi connectivity index (χ1v) is 8.01. The van der Waals surface area contributed by atoms with Crippen molar-refractivity contribution in [2.24, 2.45) is 15.9 Å². The van der Waals surface area contributed by atoms with E-state index in [1.807, 2.05) is 18.2 Å². The average Bonchev–Trinajstić information content (AvgIpc) is 2.65. The quantitative estimate of drug-likeness (QED) is 0.260. The molecule has 0 spiro atoms. The third-order valence-electron chi connectivity index (χ3n) is 3.28. The van der Waals surface area contributed by atoms with Crippen LogP contribution in [-0.4, -0.2) is 29.5 Å². The van der Waals surface area contributed by atoms with Gasteiger partial charge in [0, 0.05) is 17.7 Å². The van der Waals surface area contributed by atoms with Gasteiger partial charge in [-0.05, 0) is 19.1 Å². The molecular formula is C17H17ClN4O4. The van der Waals surface area contributed by atoms with Gasteiger partial charge in [0.05, 0.1) is 35.4 Å². The number of rotatable bonds is 7. The molecule has 2 aromatic rings. The van der Waals surface area contributed by atoms with Gasteiger partial charge in [0.25, 0.3) is 5.69 Å². The summed E-state index contributed by atoms with van der Waals surface area (Å²) >= 11 is 5.59. The maximum Gasteiger partial charge on any atom is 0.275 e. The van der Waals surface area contributed by atoms with E-state index in [0.29, 0.717) is 11.5 Å². The van der Waals surface area contributed by atoms with E-state index in [1.54, 1.807) is 20.1 Å². The number of ether oxygens (including phenoxy) is 1. The first-order chi connectivity index (χ1) is 12.4. The lowest BCUT2D eigenvalue weighted by Gasteiger charge is -2.07. The van der Waals surface area contributed by atoms with Crippen LogP contribution in [-0.2, 0) is 0 Å². The minimum atomic E-state index is -0.556. The van der Waals surface area contributed by atoms with Crippen LogP contribution in [0.15, 0.2) is 52.6 Å². The number of para-hydroxylation sites is 1. The lowest BCUT2D eigenvalue weighted by molar-refractivity contribution is -0.384. The predicted molar refractivity (Wildman–Crippen MR) is 101 cm³/mol. The van der Waals surface area contributed by atoms with Crippen molar-refractivity contribution in [3.63, 3.8) is 0 Å². The van der Waals surface area contributed by atoms with E-state index >= 15 is 0 Å². The Morgan fingerprint density at radius 1 is 1.31 bits per heavy atom. The highest BCUT2D eigenvalue weighted by Gasteiger charge is 2.12. The molecule has 0 aliphatic rings. The van der Waals surface area contributed by atoms with Crippen LogP contribution in [0.25, 0.3) is 0 Å². The van der Waals surface area contributed by atoms with Gasteiger partial charge in [-0.2, -0.15) is 0 Å². The summed E-state index contributed by atoms with van der Waals surface area (Å²) in [7, 11) is 1.55. The number of methoxy groups -OCH3 is 1. The summed E-state index contributed by atoms with van der Waals surface area (Å²) in [6.45, 7) is 1.74. The lowest BCUT2D eigenvalue weighted by atomic mass is 10.1. The average molecular weight is 377 g/mol. The second-order valence-electron chi connectivity index (χ2n) is 5.15. The van der Waals surface area contributed by atoms with Crippen LogP contribution in [0, 0.1) is 10.1 Å². The molecule has 0 heterocycles. The normalized spacial score (nSPS) is 12.0. The lowest BCUT2D eigenvalue weighted by Crippen LogP contribution is -2.12. The second-order valence-corrected chi connectivity index (χ2v) is 5.41. The number of nitrogens with zero attached hydrogens (tertiary/aromatic N) is 3. The molecule has 0 radical (unpaired) electrons. The molecule has 0 amide bonds. The van der Waals surface area contributed by atoms with Crippen molar-refractivity contribution in [1.82, 2.24) is 0 Å².